The minimum Gasteiger partial charge on any atom is -0.437 e. The van der Waals surface area contributed by atoms with E-state index in [1.165, 1.54) is 0 Å². The van der Waals surface area contributed by atoms with Gasteiger partial charge in [0.25, 0.3) is 0 Å². The van der Waals surface area contributed by atoms with Gasteiger partial charge in [0.2, 0.25) is 5.88 Å². The van der Waals surface area contributed by atoms with E-state index in [4.69, 9.17) is 27.9 Å². The molecule has 0 spiro atoms. The fourth-order valence-corrected chi connectivity index (χ4v) is 2.00. The number of rotatable bonds is 3. The van der Waals surface area contributed by atoms with Gasteiger partial charge in [0.15, 0.2) is 0 Å². The summed E-state index contributed by atoms with van der Waals surface area (Å²) in [5, 5.41) is 0.944. The average Bonchev–Trinajstić information content (AvgIpc) is 3.19. The van der Waals surface area contributed by atoms with Gasteiger partial charge in [0.05, 0.1) is 11.2 Å². The molecule has 0 N–H and O–H groups in total. The maximum absolute atomic E-state index is 6.12. The molecule has 1 aliphatic carbocycles. The zero-order chi connectivity index (χ0) is 13.4. The van der Waals surface area contributed by atoms with Gasteiger partial charge in [-0.15, -0.1) is 0 Å². The Bertz CT molecular complexity index is 629. The Morgan fingerprint density at radius 1 is 1.21 bits per heavy atom. The van der Waals surface area contributed by atoms with Gasteiger partial charge in [0, 0.05) is 23.7 Å². The summed E-state index contributed by atoms with van der Waals surface area (Å²) in [4.78, 5) is 12.7. The number of hydrogen-bond donors (Lipinski definition) is 0. The van der Waals surface area contributed by atoms with Crippen LogP contribution in [0.15, 0.2) is 18.5 Å². The summed E-state index contributed by atoms with van der Waals surface area (Å²) < 4.78 is 5.71. The first-order chi connectivity index (χ1) is 9.13. The highest BCUT2D eigenvalue weighted by atomic mass is 35.5. The second-order valence-corrected chi connectivity index (χ2v) is 5.31. The first-order valence-corrected chi connectivity index (χ1v) is 6.71. The maximum Gasteiger partial charge on any atom is 0.227 e. The number of nitrogens with zero attached hydrogens (tertiary/aromatic N) is 3. The maximum atomic E-state index is 6.12. The summed E-state index contributed by atoms with van der Waals surface area (Å²) in [6.07, 6.45) is 5.34. The zero-order valence-corrected chi connectivity index (χ0v) is 11.7. The van der Waals surface area contributed by atoms with Crippen molar-refractivity contribution in [1.29, 1.82) is 0 Å². The first-order valence-electron chi connectivity index (χ1n) is 5.96. The second kappa shape index (κ2) is 4.94. The summed E-state index contributed by atoms with van der Waals surface area (Å²) in [7, 11) is 0. The van der Waals surface area contributed by atoms with Crippen molar-refractivity contribution in [2.24, 2.45) is 0 Å². The van der Waals surface area contributed by atoms with Gasteiger partial charge in [-0.2, -0.15) is 4.98 Å². The number of pyridine rings is 1. The normalized spacial score (nSPS) is 14.5. The average molecular weight is 296 g/mol. The van der Waals surface area contributed by atoms with Gasteiger partial charge < -0.3 is 4.74 Å². The zero-order valence-electron chi connectivity index (χ0n) is 10.2. The molecule has 0 unspecified atom stereocenters. The quantitative estimate of drug-likeness (QED) is 0.798. The van der Waals surface area contributed by atoms with Gasteiger partial charge in [-0.25, -0.2) is 4.98 Å². The van der Waals surface area contributed by atoms with Crippen LogP contribution >= 0.6 is 23.2 Å². The van der Waals surface area contributed by atoms with Gasteiger partial charge in [0.1, 0.15) is 16.7 Å². The van der Waals surface area contributed by atoms with E-state index in [1.54, 1.807) is 18.5 Å². The molecule has 2 aromatic rings. The van der Waals surface area contributed by atoms with E-state index in [1.807, 2.05) is 6.92 Å². The van der Waals surface area contributed by atoms with E-state index >= 15 is 0 Å². The number of aromatic nitrogens is 3. The third kappa shape index (κ3) is 2.80. The molecule has 0 amide bonds. The van der Waals surface area contributed by atoms with Crippen LogP contribution in [-0.2, 0) is 0 Å². The molecular formula is C13H11Cl2N3O. The molecule has 0 radical (unpaired) electrons. The van der Waals surface area contributed by atoms with Crippen LogP contribution in [-0.4, -0.2) is 15.0 Å². The third-order valence-electron chi connectivity index (χ3n) is 2.90. The Morgan fingerprint density at radius 2 is 2.00 bits per heavy atom. The van der Waals surface area contributed by atoms with Crippen LogP contribution in [0.4, 0.5) is 0 Å². The number of halogens is 2. The lowest BCUT2D eigenvalue weighted by Crippen LogP contribution is -2.00. The lowest BCUT2D eigenvalue weighted by atomic mass is 10.3. The first kappa shape index (κ1) is 12.6. The molecular weight excluding hydrogens is 285 g/mol. The topological polar surface area (TPSA) is 47.9 Å². The molecule has 1 saturated carbocycles. The molecule has 1 aliphatic rings. The van der Waals surface area contributed by atoms with Crippen LogP contribution in [0.5, 0.6) is 11.6 Å². The van der Waals surface area contributed by atoms with Crippen molar-refractivity contribution in [3.63, 3.8) is 0 Å². The van der Waals surface area contributed by atoms with Crippen LogP contribution in [0.3, 0.4) is 0 Å². The summed E-state index contributed by atoms with van der Waals surface area (Å²) in [5.41, 5.74) is 0.714. The van der Waals surface area contributed by atoms with E-state index in [0.717, 1.165) is 18.7 Å². The van der Waals surface area contributed by atoms with Crippen molar-refractivity contribution >= 4 is 23.2 Å². The predicted octanol–water partition coefficient (Wildman–Crippen LogP) is 4.16. The van der Waals surface area contributed by atoms with Crippen molar-refractivity contribution in [2.75, 3.05) is 0 Å². The largest absolute Gasteiger partial charge is 0.437 e. The van der Waals surface area contributed by atoms with E-state index in [-0.39, 0.29) is 0 Å². The molecule has 98 valence electrons. The van der Waals surface area contributed by atoms with Gasteiger partial charge >= 0.3 is 0 Å². The summed E-state index contributed by atoms with van der Waals surface area (Å²) in [6.45, 7) is 1.83. The van der Waals surface area contributed by atoms with Gasteiger partial charge in [-0.3, -0.25) is 4.98 Å². The van der Waals surface area contributed by atoms with Crippen molar-refractivity contribution in [2.45, 2.75) is 25.7 Å². The molecule has 2 aromatic heterocycles. The van der Waals surface area contributed by atoms with E-state index in [0.29, 0.717) is 33.3 Å². The van der Waals surface area contributed by atoms with E-state index in [2.05, 4.69) is 15.0 Å². The fourth-order valence-electron chi connectivity index (χ4n) is 1.67. The van der Waals surface area contributed by atoms with Crippen LogP contribution in [0.25, 0.3) is 0 Å². The molecule has 2 heterocycles. The standard InChI is InChI=1S/C13H11Cl2N3O/c1-7-11(15)17-12(8-2-3-8)18-13(7)19-10-4-9(14)5-16-6-10/h4-6,8H,2-3H2,1H3. The van der Waals surface area contributed by atoms with Crippen LogP contribution in [0, 0.1) is 6.92 Å². The molecule has 0 saturated heterocycles. The van der Waals surface area contributed by atoms with Crippen LogP contribution in [0.1, 0.15) is 30.1 Å². The van der Waals surface area contributed by atoms with Crippen molar-refractivity contribution < 1.29 is 4.74 Å². The Balaban J connectivity index is 1.95. The number of hydrogen-bond acceptors (Lipinski definition) is 4. The SMILES string of the molecule is Cc1c(Cl)nc(C2CC2)nc1Oc1cncc(Cl)c1. The van der Waals surface area contributed by atoms with Crippen molar-refractivity contribution in [3.05, 3.63) is 40.0 Å². The van der Waals surface area contributed by atoms with Crippen molar-refractivity contribution in [1.82, 2.24) is 15.0 Å². The highest BCUT2D eigenvalue weighted by molar-refractivity contribution is 6.30. The third-order valence-corrected chi connectivity index (χ3v) is 3.47. The lowest BCUT2D eigenvalue weighted by molar-refractivity contribution is 0.452. The monoisotopic (exact) mass is 295 g/mol. The molecule has 3 rings (SSSR count). The van der Waals surface area contributed by atoms with E-state index < -0.39 is 0 Å². The predicted molar refractivity (Wildman–Crippen MR) is 73.1 cm³/mol. The minimum absolute atomic E-state index is 0.415. The summed E-state index contributed by atoms with van der Waals surface area (Å²) in [5.74, 6) is 2.16. The lowest BCUT2D eigenvalue weighted by Gasteiger charge is -2.10. The van der Waals surface area contributed by atoms with Crippen LogP contribution < -0.4 is 4.74 Å². The van der Waals surface area contributed by atoms with Crippen molar-refractivity contribution in [3.8, 4) is 11.6 Å². The molecule has 0 aliphatic heterocycles. The Kier molecular flexibility index (Phi) is 3.29. The summed E-state index contributed by atoms with van der Waals surface area (Å²) in [6, 6.07) is 1.68. The molecule has 6 heteroatoms. The highest BCUT2D eigenvalue weighted by Crippen LogP contribution is 2.40. The molecule has 0 bridgehead atoms. The van der Waals surface area contributed by atoms with E-state index in [9.17, 15) is 0 Å². The smallest absolute Gasteiger partial charge is 0.227 e. The number of ether oxygens (including phenoxy) is 1. The highest BCUT2D eigenvalue weighted by Gasteiger charge is 2.28. The summed E-state index contributed by atoms with van der Waals surface area (Å²) >= 11 is 12.0. The Hall–Kier alpha value is -1.39. The fraction of sp³-hybridized carbons (Fsp3) is 0.308. The van der Waals surface area contributed by atoms with Gasteiger partial charge in [-0.05, 0) is 19.8 Å². The molecule has 0 atom stereocenters. The molecule has 4 nitrogen and oxygen atoms in total. The second-order valence-electron chi connectivity index (χ2n) is 4.52. The molecule has 0 aromatic carbocycles. The Morgan fingerprint density at radius 3 is 2.68 bits per heavy atom. The van der Waals surface area contributed by atoms with Crippen LogP contribution in [0.2, 0.25) is 10.2 Å². The minimum atomic E-state index is 0.415. The Labute approximate surface area is 120 Å². The molecule has 1 fully saturated rings. The van der Waals surface area contributed by atoms with Gasteiger partial charge in [-0.1, -0.05) is 23.2 Å². The molecule has 19 heavy (non-hydrogen) atoms.